The van der Waals surface area contributed by atoms with E-state index in [0.29, 0.717) is 27.6 Å². The van der Waals surface area contributed by atoms with E-state index in [2.05, 4.69) is 5.32 Å². The van der Waals surface area contributed by atoms with Gasteiger partial charge >= 0.3 is 11.9 Å². The highest BCUT2D eigenvalue weighted by Gasteiger charge is 2.35. The summed E-state index contributed by atoms with van der Waals surface area (Å²) in [6.45, 7) is 1.51. The maximum absolute atomic E-state index is 12.4. The van der Waals surface area contributed by atoms with Crippen molar-refractivity contribution in [1.29, 1.82) is 0 Å². The van der Waals surface area contributed by atoms with E-state index in [1.54, 1.807) is 31.2 Å². The van der Waals surface area contributed by atoms with Crippen LogP contribution in [0, 0.1) is 0 Å². The van der Waals surface area contributed by atoms with Crippen molar-refractivity contribution >= 4 is 46.0 Å². The van der Waals surface area contributed by atoms with Crippen LogP contribution in [-0.2, 0) is 19.1 Å². The summed E-state index contributed by atoms with van der Waals surface area (Å²) in [5.74, 6) is -2.13. The van der Waals surface area contributed by atoms with Crippen molar-refractivity contribution in [3.8, 4) is 0 Å². The van der Waals surface area contributed by atoms with Gasteiger partial charge in [0.1, 0.15) is 5.00 Å². The first-order chi connectivity index (χ1) is 16.4. The highest BCUT2D eigenvalue weighted by molar-refractivity contribution is 7.15. The standard InChI is InChI=1S/C24H24N2O7S/c1-2-32-24(31)20-17(14-9-10-14)13-34-21(20)25-18(27)12-33-19(28)8-5-11-26-22(29)15-6-3-4-7-16(15)23(26)30/h3-4,6-7,13-14H,2,5,8-12H2,1H3,(H,25,27). The molecule has 2 aromatic rings. The van der Waals surface area contributed by atoms with Crippen LogP contribution in [0.15, 0.2) is 29.6 Å². The van der Waals surface area contributed by atoms with Crippen molar-refractivity contribution < 1.29 is 33.4 Å². The Balaban J connectivity index is 1.24. The van der Waals surface area contributed by atoms with E-state index in [1.165, 1.54) is 11.3 Å². The number of ether oxygens (including phenoxy) is 2. The minimum absolute atomic E-state index is 0.0560. The van der Waals surface area contributed by atoms with Crippen LogP contribution in [0.3, 0.4) is 0 Å². The SMILES string of the molecule is CCOC(=O)c1c(C2CC2)csc1NC(=O)COC(=O)CCCN1C(=O)c2ccccc2C1=O. The molecule has 10 heteroatoms. The Morgan fingerprint density at radius 3 is 2.38 bits per heavy atom. The molecule has 34 heavy (non-hydrogen) atoms. The van der Waals surface area contributed by atoms with Gasteiger partial charge in [0.05, 0.1) is 23.3 Å². The number of esters is 2. The molecule has 0 spiro atoms. The number of fused-ring (bicyclic) bond motifs is 1. The predicted octanol–water partition coefficient (Wildman–Crippen LogP) is 3.36. The van der Waals surface area contributed by atoms with Crippen LogP contribution in [0.4, 0.5) is 5.00 Å². The molecule has 1 N–H and O–H groups in total. The molecule has 2 aliphatic rings. The van der Waals surface area contributed by atoms with E-state index in [-0.39, 0.29) is 37.8 Å². The average Bonchev–Trinajstić information content (AvgIpc) is 3.54. The molecule has 1 aromatic heterocycles. The minimum Gasteiger partial charge on any atom is -0.462 e. The first-order valence-corrected chi connectivity index (χ1v) is 12.0. The normalized spacial score (nSPS) is 14.7. The number of hydrogen-bond acceptors (Lipinski definition) is 8. The van der Waals surface area contributed by atoms with Crippen LogP contribution in [-0.4, -0.2) is 54.3 Å². The molecule has 4 rings (SSSR count). The van der Waals surface area contributed by atoms with Crippen molar-refractivity contribution in [2.75, 3.05) is 25.1 Å². The number of nitrogens with zero attached hydrogens (tertiary/aromatic N) is 1. The zero-order chi connectivity index (χ0) is 24.2. The van der Waals surface area contributed by atoms with Crippen LogP contribution in [0.25, 0.3) is 0 Å². The van der Waals surface area contributed by atoms with Gasteiger partial charge < -0.3 is 14.8 Å². The molecule has 178 valence electrons. The molecule has 1 aliphatic carbocycles. The number of rotatable bonds is 10. The molecule has 0 saturated heterocycles. The molecule has 0 atom stereocenters. The van der Waals surface area contributed by atoms with Crippen molar-refractivity contribution in [3.63, 3.8) is 0 Å². The Labute approximate surface area is 200 Å². The highest BCUT2D eigenvalue weighted by Crippen LogP contribution is 2.46. The molecule has 1 aromatic carbocycles. The van der Waals surface area contributed by atoms with Crippen LogP contribution in [0.2, 0.25) is 0 Å². The third-order valence-corrected chi connectivity index (χ3v) is 6.49. The molecule has 1 aliphatic heterocycles. The van der Waals surface area contributed by atoms with E-state index in [1.807, 2.05) is 5.38 Å². The topological polar surface area (TPSA) is 119 Å². The van der Waals surface area contributed by atoms with Gasteiger partial charge in [-0.15, -0.1) is 11.3 Å². The van der Waals surface area contributed by atoms with Gasteiger partial charge in [0.15, 0.2) is 6.61 Å². The second kappa shape index (κ2) is 10.2. The molecular formula is C24H24N2O7S. The van der Waals surface area contributed by atoms with Crippen LogP contribution in [0.5, 0.6) is 0 Å². The van der Waals surface area contributed by atoms with Gasteiger partial charge in [-0.05, 0) is 55.2 Å². The Morgan fingerprint density at radius 2 is 1.76 bits per heavy atom. The number of thiophene rings is 1. The van der Waals surface area contributed by atoms with E-state index >= 15 is 0 Å². The van der Waals surface area contributed by atoms with Crippen molar-refractivity contribution in [3.05, 3.63) is 51.9 Å². The van der Waals surface area contributed by atoms with E-state index < -0.39 is 24.5 Å². The summed E-state index contributed by atoms with van der Waals surface area (Å²) < 4.78 is 10.1. The number of imide groups is 1. The van der Waals surface area contributed by atoms with Gasteiger partial charge in [-0.3, -0.25) is 24.1 Å². The first-order valence-electron chi connectivity index (χ1n) is 11.1. The Bertz CT molecular complexity index is 1120. The summed E-state index contributed by atoms with van der Waals surface area (Å²) in [5, 5.41) is 4.87. The lowest BCUT2D eigenvalue weighted by atomic mass is 10.1. The molecule has 0 bridgehead atoms. The van der Waals surface area contributed by atoms with E-state index in [4.69, 9.17) is 9.47 Å². The molecule has 0 unspecified atom stereocenters. The number of hydrogen-bond donors (Lipinski definition) is 1. The van der Waals surface area contributed by atoms with Crippen LogP contribution in [0.1, 0.15) is 75.2 Å². The molecule has 9 nitrogen and oxygen atoms in total. The fourth-order valence-corrected chi connectivity index (χ4v) is 4.82. The summed E-state index contributed by atoms with van der Waals surface area (Å²) in [7, 11) is 0. The quantitative estimate of drug-likeness (QED) is 0.406. The summed E-state index contributed by atoms with van der Waals surface area (Å²) >= 11 is 1.24. The number of carbonyl (C=O) groups excluding carboxylic acids is 5. The third-order valence-electron chi connectivity index (χ3n) is 5.57. The molecule has 1 fully saturated rings. The highest BCUT2D eigenvalue weighted by atomic mass is 32.1. The van der Waals surface area contributed by atoms with Crippen molar-refractivity contribution in [1.82, 2.24) is 4.90 Å². The lowest BCUT2D eigenvalue weighted by molar-refractivity contribution is -0.147. The third kappa shape index (κ3) is 5.01. The number of anilines is 1. The van der Waals surface area contributed by atoms with Gasteiger partial charge in [-0.2, -0.15) is 0 Å². The Morgan fingerprint density at radius 1 is 1.09 bits per heavy atom. The lowest BCUT2D eigenvalue weighted by Crippen LogP contribution is -2.31. The van der Waals surface area contributed by atoms with Crippen molar-refractivity contribution in [2.24, 2.45) is 0 Å². The number of carbonyl (C=O) groups is 5. The predicted molar refractivity (Wildman–Crippen MR) is 123 cm³/mol. The lowest BCUT2D eigenvalue weighted by Gasteiger charge is -2.13. The van der Waals surface area contributed by atoms with Gasteiger partial charge in [-0.25, -0.2) is 4.79 Å². The van der Waals surface area contributed by atoms with Gasteiger partial charge in [0.2, 0.25) is 0 Å². The average molecular weight is 485 g/mol. The fourth-order valence-electron chi connectivity index (χ4n) is 3.78. The summed E-state index contributed by atoms with van der Waals surface area (Å²) in [6, 6.07) is 6.57. The van der Waals surface area contributed by atoms with Gasteiger partial charge in [-0.1, -0.05) is 12.1 Å². The fraction of sp³-hybridized carbons (Fsp3) is 0.375. The minimum atomic E-state index is -0.623. The number of nitrogens with one attached hydrogen (secondary N) is 1. The number of amides is 3. The summed E-state index contributed by atoms with van der Waals surface area (Å²) in [5.41, 5.74) is 1.96. The Kier molecular flexibility index (Phi) is 7.06. The van der Waals surface area contributed by atoms with Crippen molar-refractivity contribution in [2.45, 2.75) is 38.5 Å². The van der Waals surface area contributed by atoms with Gasteiger partial charge in [0.25, 0.3) is 17.7 Å². The number of benzene rings is 1. The molecular weight excluding hydrogens is 460 g/mol. The van der Waals surface area contributed by atoms with Crippen LogP contribution >= 0.6 is 11.3 Å². The van der Waals surface area contributed by atoms with Crippen LogP contribution < -0.4 is 5.32 Å². The molecule has 0 radical (unpaired) electrons. The summed E-state index contributed by atoms with van der Waals surface area (Å²) in [4.78, 5) is 62.5. The first kappa shape index (κ1) is 23.6. The molecule has 1 saturated carbocycles. The second-order valence-electron chi connectivity index (χ2n) is 8.01. The zero-order valence-electron chi connectivity index (χ0n) is 18.6. The maximum Gasteiger partial charge on any atom is 0.341 e. The van der Waals surface area contributed by atoms with Gasteiger partial charge in [0, 0.05) is 13.0 Å². The van der Waals surface area contributed by atoms with E-state index in [9.17, 15) is 24.0 Å². The second-order valence-corrected chi connectivity index (χ2v) is 8.89. The zero-order valence-corrected chi connectivity index (χ0v) is 19.4. The summed E-state index contributed by atoms with van der Waals surface area (Å²) in [6.07, 6.45) is 2.15. The largest absolute Gasteiger partial charge is 0.462 e. The maximum atomic E-state index is 12.4. The molecule has 3 amide bonds. The monoisotopic (exact) mass is 484 g/mol. The Hall–Kier alpha value is -3.53. The molecule has 2 heterocycles. The smallest absolute Gasteiger partial charge is 0.341 e. The van der Waals surface area contributed by atoms with E-state index in [0.717, 1.165) is 23.3 Å².